The maximum absolute atomic E-state index is 11.8. The summed E-state index contributed by atoms with van der Waals surface area (Å²) in [6.07, 6.45) is -0.140. The molecule has 0 atom stereocenters. The Morgan fingerprint density at radius 3 is 2.41 bits per heavy atom. The van der Waals surface area contributed by atoms with Gasteiger partial charge in [0, 0.05) is 5.02 Å². The highest BCUT2D eigenvalue weighted by Crippen LogP contribution is 2.16. The molecule has 0 amide bonds. The summed E-state index contributed by atoms with van der Waals surface area (Å²) in [5.74, 6) is -0.766. The molecule has 0 saturated carbocycles. The highest BCUT2D eigenvalue weighted by atomic mass is 35.5. The fourth-order valence-corrected chi connectivity index (χ4v) is 2.56. The molecule has 94 valence electrons. The lowest BCUT2D eigenvalue weighted by Crippen LogP contribution is -2.13. The van der Waals surface area contributed by atoms with Gasteiger partial charge in [0.1, 0.15) is 0 Å². The van der Waals surface area contributed by atoms with Gasteiger partial charge < -0.3 is 4.74 Å². The Morgan fingerprint density at radius 2 is 1.88 bits per heavy atom. The van der Waals surface area contributed by atoms with Gasteiger partial charge in [-0.25, -0.2) is 8.42 Å². The summed E-state index contributed by atoms with van der Waals surface area (Å²) in [6.45, 7) is 1.92. The molecule has 1 aromatic carbocycles. The van der Waals surface area contributed by atoms with Gasteiger partial charge in [0.2, 0.25) is 0 Å². The van der Waals surface area contributed by atoms with Crippen LogP contribution in [0, 0.1) is 0 Å². The van der Waals surface area contributed by atoms with E-state index < -0.39 is 15.8 Å². The Bertz CT molecular complexity index is 479. The van der Waals surface area contributed by atoms with E-state index in [0.717, 1.165) is 0 Å². The maximum atomic E-state index is 11.8. The Labute approximate surface area is 105 Å². The van der Waals surface area contributed by atoms with Gasteiger partial charge in [-0.2, -0.15) is 0 Å². The van der Waals surface area contributed by atoms with Crippen LogP contribution in [0.25, 0.3) is 0 Å². The molecule has 0 unspecified atom stereocenters. The Morgan fingerprint density at radius 1 is 1.29 bits per heavy atom. The van der Waals surface area contributed by atoms with E-state index in [1.54, 1.807) is 6.92 Å². The molecule has 0 heterocycles. The summed E-state index contributed by atoms with van der Waals surface area (Å²) < 4.78 is 28.3. The quantitative estimate of drug-likeness (QED) is 0.773. The molecular weight excluding hydrogens is 264 g/mol. The molecule has 0 saturated heterocycles. The van der Waals surface area contributed by atoms with Crippen molar-refractivity contribution in [2.75, 3.05) is 12.4 Å². The normalized spacial score (nSPS) is 11.2. The van der Waals surface area contributed by atoms with Crippen LogP contribution < -0.4 is 0 Å². The van der Waals surface area contributed by atoms with Crippen LogP contribution in [0.5, 0.6) is 0 Å². The fraction of sp³-hybridized carbons (Fsp3) is 0.364. The third-order valence-corrected chi connectivity index (χ3v) is 4.04. The monoisotopic (exact) mass is 276 g/mol. The second-order valence-corrected chi connectivity index (χ2v) is 5.87. The van der Waals surface area contributed by atoms with Crippen molar-refractivity contribution in [3.63, 3.8) is 0 Å². The topological polar surface area (TPSA) is 60.4 Å². The van der Waals surface area contributed by atoms with Crippen molar-refractivity contribution in [3.05, 3.63) is 29.3 Å². The van der Waals surface area contributed by atoms with E-state index in [4.69, 9.17) is 11.6 Å². The number of esters is 1. The predicted octanol–water partition coefficient (Wildman–Crippen LogP) is 2.07. The van der Waals surface area contributed by atoms with E-state index in [9.17, 15) is 13.2 Å². The minimum atomic E-state index is -3.45. The zero-order valence-electron chi connectivity index (χ0n) is 9.35. The minimum absolute atomic E-state index is 0.140. The van der Waals surface area contributed by atoms with Crippen molar-refractivity contribution in [2.24, 2.45) is 0 Å². The van der Waals surface area contributed by atoms with Crippen molar-refractivity contribution < 1.29 is 17.9 Å². The molecule has 0 aliphatic heterocycles. The van der Waals surface area contributed by atoms with E-state index in [2.05, 4.69) is 4.74 Å². The van der Waals surface area contributed by atoms with Gasteiger partial charge >= 0.3 is 5.97 Å². The van der Waals surface area contributed by atoms with Crippen LogP contribution in [-0.4, -0.2) is 26.7 Å². The Hall–Kier alpha value is -1.07. The number of carbonyl (C=O) groups excluding carboxylic acids is 1. The lowest BCUT2D eigenvalue weighted by atomic mass is 10.4. The molecular formula is C11H13ClO4S. The zero-order chi connectivity index (χ0) is 12.9. The number of ether oxygens (including phenoxy) is 1. The molecule has 4 nitrogen and oxygen atoms in total. The molecule has 0 fully saturated rings. The van der Waals surface area contributed by atoms with E-state index in [-0.39, 0.29) is 23.7 Å². The number of benzene rings is 1. The molecule has 0 radical (unpaired) electrons. The number of hydrogen-bond donors (Lipinski definition) is 0. The van der Waals surface area contributed by atoms with Crippen LogP contribution in [0.1, 0.15) is 13.3 Å². The Kier molecular flexibility index (Phi) is 4.96. The summed E-state index contributed by atoms with van der Waals surface area (Å²) in [7, 11) is -3.45. The SMILES string of the molecule is CCOC(=O)CCS(=O)(=O)c1ccc(Cl)cc1. The third kappa shape index (κ3) is 4.36. The first-order valence-corrected chi connectivity index (χ1v) is 7.12. The third-order valence-electron chi connectivity index (χ3n) is 2.05. The van der Waals surface area contributed by atoms with Crippen molar-refractivity contribution in [3.8, 4) is 0 Å². The minimum Gasteiger partial charge on any atom is -0.466 e. The molecule has 0 N–H and O–H groups in total. The summed E-state index contributed by atoms with van der Waals surface area (Å²) in [5, 5.41) is 0.467. The number of halogens is 1. The zero-order valence-corrected chi connectivity index (χ0v) is 10.9. The molecule has 0 bridgehead atoms. The van der Waals surface area contributed by atoms with Crippen LogP contribution in [0.15, 0.2) is 29.2 Å². The molecule has 6 heteroatoms. The van der Waals surface area contributed by atoms with Gasteiger partial charge in [-0.05, 0) is 31.2 Å². The van der Waals surface area contributed by atoms with Crippen LogP contribution >= 0.6 is 11.6 Å². The van der Waals surface area contributed by atoms with Crippen LogP contribution in [0.2, 0.25) is 5.02 Å². The van der Waals surface area contributed by atoms with Gasteiger partial charge in [-0.3, -0.25) is 4.79 Å². The molecule has 0 aliphatic carbocycles. The van der Waals surface area contributed by atoms with Gasteiger partial charge in [0.25, 0.3) is 0 Å². The van der Waals surface area contributed by atoms with Gasteiger partial charge in [-0.1, -0.05) is 11.6 Å². The highest BCUT2D eigenvalue weighted by molar-refractivity contribution is 7.91. The summed E-state index contributed by atoms with van der Waals surface area (Å²) in [5.41, 5.74) is 0. The maximum Gasteiger partial charge on any atom is 0.306 e. The number of rotatable bonds is 5. The van der Waals surface area contributed by atoms with E-state index in [0.29, 0.717) is 5.02 Å². The lowest BCUT2D eigenvalue weighted by Gasteiger charge is -2.04. The summed E-state index contributed by atoms with van der Waals surface area (Å²) in [4.78, 5) is 11.2. The van der Waals surface area contributed by atoms with E-state index in [1.807, 2.05) is 0 Å². The lowest BCUT2D eigenvalue weighted by molar-refractivity contribution is -0.142. The summed E-state index contributed by atoms with van der Waals surface area (Å²) in [6, 6.07) is 5.84. The van der Waals surface area contributed by atoms with Crippen molar-refractivity contribution >= 4 is 27.4 Å². The smallest absolute Gasteiger partial charge is 0.306 e. The van der Waals surface area contributed by atoms with Crippen LogP contribution in [0.4, 0.5) is 0 Å². The number of hydrogen-bond acceptors (Lipinski definition) is 4. The molecule has 0 aliphatic rings. The van der Waals surface area contributed by atoms with Crippen LogP contribution in [0.3, 0.4) is 0 Å². The molecule has 0 aromatic heterocycles. The molecule has 1 rings (SSSR count). The Balaban J connectivity index is 2.69. The first-order chi connectivity index (χ1) is 7.95. The first kappa shape index (κ1) is 14.0. The largest absolute Gasteiger partial charge is 0.466 e. The average molecular weight is 277 g/mol. The van der Waals surface area contributed by atoms with E-state index in [1.165, 1.54) is 24.3 Å². The number of carbonyl (C=O) groups is 1. The summed E-state index contributed by atoms with van der Waals surface area (Å²) >= 11 is 5.66. The second-order valence-electron chi connectivity index (χ2n) is 3.33. The first-order valence-electron chi connectivity index (χ1n) is 5.09. The standard InChI is InChI=1S/C11H13ClO4S/c1-2-16-11(13)7-8-17(14,15)10-5-3-9(12)4-6-10/h3-6H,2,7-8H2,1H3. The van der Waals surface area contributed by atoms with Gasteiger partial charge in [0.05, 0.1) is 23.7 Å². The molecule has 0 spiro atoms. The fourth-order valence-electron chi connectivity index (χ4n) is 1.21. The average Bonchev–Trinajstić information content (AvgIpc) is 2.28. The van der Waals surface area contributed by atoms with Crippen molar-refractivity contribution in [1.29, 1.82) is 0 Å². The van der Waals surface area contributed by atoms with Crippen molar-refractivity contribution in [2.45, 2.75) is 18.2 Å². The molecule has 17 heavy (non-hydrogen) atoms. The van der Waals surface area contributed by atoms with Crippen LogP contribution in [-0.2, 0) is 19.4 Å². The predicted molar refractivity (Wildman–Crippen MR) is 64.8 cm³/mol. The van der Waals surface area contributed by atoms with E-state index >= 15 is 0 Å². The van der Waals surface area contributed by atoms with Gasteiger partial charge in [0.15, 0.2) is 9.84 Å². The molecule has 1 aromatic rings. The number of sulfone groups is 1. The van der Waals surface area contributed by atoms with Gasteiger partial charge in [-0.15, -0.1) is 0 Å². The second kappa shape index (κ2) is 6.02. The van der Waals surface area contributed by atoms with Crippen molar-refractivity contribution in [1.82, 2.24) is 0 Å². The highest BCUT2D eigenvalue weighted by Gasteiger charge is 2.16.